The lowest BCUT2D eigenvalue weighted by molar-refractivity contribution is 0.0710. The number of benzene rings is 2. The van der Waals surface area contributed by atoms with Gasteiger partial charge in [0, 0.05) is 78.3 Å². The molecular weight excluding hydrogens is 741 g/mol. The van der Waals surface area contributed by atoms with Gasteiger partial charge in [0.25, 0.3) is 11.8 Å². The van der Waals surface area contributed by atoms with Crippen molar-refractivity contribution in [3.8, 4) is 23.0 Å². The smallest absolute Gasteiger partial charge is 0.257 e. The van der Waals surface area contributed by atoms with E-state index in [1.165, 1.54) is 28.4 Å². The number of carbonyl (C=O) groups excluding carboxylic acids is 4. The Morgan fingerprint density at radius 2 is 1.07 bits per heavy atom. The second kappa shape index (κ2) is 20.2. The van der Waals surface area contributed by atoms with Crippen molar-refractivity contribution in [3.63, 3.8) is 0 Å². The van der Waals surface area contributed by atoms with Crippen LogP contribution in [0.5, 0.6) is 23.0 Å². The third-order valence-electron chi connectivity index (χ3n) is 12.0. The van der Waals surface area contributed by atoms with Crippen molar-refractivity contribution in [2.45, 2.75) is 95.2 Å². The fraction of sp³-hybridized carbons (Fsp3) is 0.614. The van der Waals surface area contributed by atoms with E-state index in [4.69, 9.17) is 29.7 Å². The van der Waals surface area contributed by atoms with E-state index in [1.807, 2.05) is 38.0 Å². The number of amides is 2. The summed E-state index contributed by atoms with van der Waals surface area (Å²) >= 11 is 0. The van der Waals surface area contributed by atoms with Crippen molar-refractivity contribution in [3.05, 3.63) is 46.5 Å². The Labute approximate surface area is 343 Å². The molecule has 14 nitrogen and oxygen atoms in total. The lowest BCUT2D eigenvalue weighted by Gasteiger charge is -2.31. The van der Waals surface area contributed by atoms with Gasteiger partial charge in [-0.3, -0.25) is 19.2 Å². The van der Waals surface area contributed by atoms with Gasteiger partial charge in [0.1, 0.15) is 23.0 Å². The van der Waals surface area contributed by atoms with E-state index in [0.29, 0.717) is 91.3 Å². The summed E-state index contributed by atoms with van der Waals surface area (Å²) in [4.78, 5) is 65.6. The first kappa shape index (κ1) is 44.3. The van der Waals surface area contributed by atoms with Gasteiger partial charge in [-0.2, -0.15) is 0 Å². The predicted molar refractivity (Wildman–Crippen MR) is 224 cm³/mol. The van der Waals surface area contributed by atoms with Crippen LogP contribution in [-0.2, 0) is 0 Å². The minimum Gasteiger partial charge on any atom is -0.496 e. The molecule has 0 bridgehead atoms. The van der Waals surface area contributed by atoms with E-state index in [-0.39, 0.29) is 58.9 Å². The van der Waals surface area contributed by atoms with Gasteiger partial charge in [0.2, 0.25) is 0 Å². The fourth-order valence-electron chi connectivity index (χ4n) is 8.64. The molecule has 2 saturated carbocycles. The second-order valence-corrected chi connectivity index (χ2v) is 16.5. The minimum absolute atomic E-state index is 0.0414. The highest BCUT2D eigenvalue weighted by Gasteiger charge is 2.31. The van der Waals surface area contributed by atoms with E-state index in [1.54, 1.807) is 29.2 Å². The average molecular weight is 805 g/mol. The molecule has 0 atom stereocenters. The van der Waals surface area contributed by atoms with Crippen molar-refractivity contribution in [1.82, 2.24) is 20.0 Å². The second-order valence-electron chi connectivity index (χ2n) is 16.5. The van der Waals surface area contributed by atoms with Crippen molar-refractivity contribution in [1.29, 1.82) is 0 Å². The number of aliphatic imine (C=N–C) groups is 1. The van der Waals surface area contributed by atoms with Crippen LogP contribution in [0.25, 0.3) is 0 Å². The summed E-state index contributed by atoms with van der Waals surface area (Å²) in [6.07, 6.45) is 8.60. The molecule has 1 heterocycles. The number of hydrogen-bond acceptors (Lipinski definition) is 10. The Kier molecular flexibility index (Phi) is 15.4. The van der Waals surface area contributed by atoms with Gasteiger partial charge in [-0.25, -0.2) is 4.99 Å². The highest BCUT2D eigenvalue weighted by atomic mass is 16.5. The van der Waals surface area contributed by atoms with Crippen LogP contribution in [0.2, 0.25) is 0 Å². The molecule has 3 fully saturated rings. The first-order valence-electron chi connectivity index (χ1n) is 20.6. The molecule has 2 aromatic rings. The molecule has 3 aliphatic rings. The number of Topliss-reactive ketones (excluding diaryl/α,β-unsaturated/α-hetero) is 2. The summed E-state index contributed by atoms with van der Waals surface area (Å²) in [6, 6.07) is 6.64. The first-order chi connectivity index (χ1) is 27.8. The number of ketones is 2. The molecule has 14 heteroatoms. The van der Waals surface area contributed by atoms with Crippen LogP contribution in [0, 0.1) is 11.8 Å². The normalized spacial score (nSPS) is 21.0. The molecule has 5 rings (SSSR count). The number of nitrogens with zero attached hydrogens (tertiary/aromatic N) is 4. The van der Waals surface area contributed by atoms with E-state index in [0.717, 1.165) is 44.5 Å². The number of nitrogens with one attached hydrogen (secondary N) is 1. The monoisotopic (exact) mass is 804 g/mol. The number of ether oxygens (including phenoxy) is 4. The van der Waals surface area contributed by atoms with Gasteiger partial charge >= 0.3 is 0 Å². The maximum Gasteiger partial charge on any atom is 0.257 e. The summed E-state index contributed by atoms with van der Waals surface area (Å²) < 4.78 is 22.3. The number of carbonyl (C=O) groups is 4. The molecule has 0 aromatic heterocycles. The Bertz CT molecular complexity index is 1800. The summed E-state index contributed by atoms with van der Waals surface area (Å²) in [5.41, 5.74) is 7.40. The van der Waals surface area contributed by atoms with Crippen molar-refractivity contribution in [2.24, 2.45) is 22.6 Å². The highest BCUT2D eigenvalue weighted by molar-refractivity contribution is 6.05. The molecule has 1 saturated heterocycles. The summed E-state index contributed by atoms with van der Waals surface area (Å²) in [5.74, 6) is 2.03. The Morgan fingerprint density at radius 3 is 1.53 bits per heavy atom. The number of hydrogen-bond donors (Lipinski definition) is 2. The van der Waals surface area contributed by atoms with Crippen LogP contribution in [0.15, 0.2) is 29.3 Å². The molecule has 1 aliphatic heterocycles. The number of piperidine rings is 1. The van der Waals surface area contributed by atoms with Crippen LogP contribution in [0.1, 0.15) is 118 Å². The standard InChI is InChI=1S/C44H64N6O8/c1-48(2)44(49(3)4)47-31-15-11-28(12-16-31)22-37(52)33-23-32(38(55-5)25-39(33)56-6)36(51)21-27-9-13-30(14-10-27)46-42(53)34-24-35(41(58-8)26-40(34)57-7)43(54)50-19-17-29(45)18-20-50/h23-31H,9-22,45H2,1-8H3,(H,46,53). The van der Waals surface area contributed by atoms with Crippen molar-refractivity contribution in [2.75, 3.05) is 69.7 Å². The molecule has 0 spiro atoms. The lowest BCUT2D eigenvalue weighted by Crippen LogP contribution is -2.43. The van der Waals surface area contributed by atoms with Crippen molar-refractivity contribution < 1.29 is 38.1 Å². The number of rotatable bonds is 14. The molecular formula is C44H64N6O8. The number of nitrogens with two attached hydrogens (primary N) is 1. The number of methoxy groups -OCH3 is 4. The van der Waals surface area contributed by atoms with Crippen LogP contribution in [0.3, 0.4) is 0 Å². The van der Waals surface area contributed by atoms with E-state index in [9.17, 15) is 19.2 Å². The van der Waals surface area contributed by atoms with E-state index >= 15 is 0 Å². The lowest BCUT2D eigenvalue weighted by atomic mass is 9.81. The summed E-state index contributed by atoms with van der Waals surface area (Å²) in [6.45, 7) is 1.08. The van der Waals surface area contributed by atoms with E-state index < -0.39 is 0 Å². The predicted octanol–water partition coefficient (Wildman–Crippen LogP) is 5.46. The molecule has 2 aliphatic carbocycles. The van der Waals surface area contributed by atoms with Gasteiger partial charge in [-0.15, -0.1) is 0 Å². The molecule has 2 amide bonds. The van der Waals surface area contributed by atoms with Gasteiger partial charge < -0.3 is 44.7 Å². The minimum atomic E-state index is -0.335. The SMILES string of the molecule is COc1cc(OC)c(C(=O)CC2CCC(NC(=O)c3cc(C(=O)N4CCC(N)CC4)c(OC)cc3OC)CC2)cc1C(=O)CC1CCC(N=C(N(C)C)N(C)C)CC1. The molecule has 3 N–H and O–H groups in total. The number of guanidine groups is 1. The van der Waals surface area contributed by atoms with Gasteiger partial charge in [-0.05, 0) is 88.2 Å². The molecule has 0 unspecified atom stereocenters. The molecule has 2 aromatic carbocycles. The summed E-state index contributed by atoms with van der Waals surface area (Å²) in [7, 11) is 14.0. The van der Waals surface area contributed by atoms with Gasteiger partial charge in [0.15, 0.2) is 17.5 Å². The zero-order valence-corrected chi connectivity index (χ0v) is 35.7. The molecule has 318 valence electrons. The third kappa shape index (κ3) is 10.8. The zero-order chi connectivity index (χ0) is 42.1. The van der Waals surface area contributed by atoms with Crippen molar-refractivity contribution >= 4 is 29.3 Å². The quantitative estimate of drug-likeness (QED) is 0.142. The van der Waals surface area contributed by atoms with Crippen LogP contribution < -0.4 is 30.0 Å². The fourth-order valence-corrected chi connectivity index (χ4v) is 8.64. The van der Waals surface area contributed by atoms with E-state index in [2.05, 4.69) is 5.32 Å². The Morgan fingerprint density at radius 1 is 0.638 bits per heavy atom. The Hall–Kier alpha value is -4.85. The zero-order valence-electron chi connectivity index (χ0n) is 35.7. The van der Waals surface area contributed by atoms with Crippen LogP contribution >= 0.6 is 0 Å². The van der Waals surface area contributed by atoms with Crippen LogP contribution in [-0.4, -0.2) is 132 Å². The maximum atomic E-state index is 13.9. The first-order valence-corrected chi connectivity index (χ1v) is 20.6. The number of likely N-dealkylation sites (tertiary alicyclic amines) is 1. The summed E-state index contributed by atoms with van der Waals surface area (Å²) in [5, 5.41) is 3.14. The maximum absolute atomic E-state index is 13.9. The average Bonchev–Trinajstić information content (AvgIpc) is 3.22. The molecule has 0 radical (unpaired) electrons. The largest absolute Gasteiger partial charge is 0.496 e. The topological polar surface area (TPSA) is 165 Å². The van der Waals surface area contributed by atoms with Gasteiger partial charge in [0.05, 0.1) is 56.7 Å². The van der Waals surface area contributed by atoms with Crippen LogP contribution in [0.4, 0.5) is 0 Å². The molecule has 58 heavy (non-hydrogen) atoms. The highest BCUT2D eigenvalue weighted by Crippen LogP contribution is 2.37. The third-order valence-corrected chi connectivity index (χ3v) is 12.0. The Balaban J connectivity index is 1.19. The van der Waals surface area contributed by atoms with Gasteiger partial charge in [-0.1, -0.05) is 0 Å².